The highest BCUT2D eigenvalue weighted by Crippen LogP contribution is 2.20. The third-order valence-corrected chi connectivity index (χ3v) is 4.02. The molecule has 0 fully saturated rings. The first-order valence-electron chi connectivity index (χ1n) is 5.53. The molecule has 0 aromatic carbocycles. The van der Waals surface area contributed by atoms with Crippen molar-refractivity contribution in [2.75, 3.05) is 13.6 Å². The van der Waals surface area contributed by atoms with Crippen LogP contribution >= 0.6 is 27.3 Å². The number of carboxylic acids is 1. The lowest BCUT2D eigenvalue weighted by molar-refractivity contribution is -0.146. The third-order valence-electron chi connectivity index (χ3n) is 2.34. The highest BCUT2D eigenvalue weighted by molar-refractivity contribution is 9.10. The fourth-order valence-corrected chi connectivity index (χ4v) is 2.82. The van der Waals surface area contributed by atoms with Crippen LogP contribution in [0.5, 0.6) is 0 Å². The zero-order valence-electron chi connectivity index (χ0n) is 10.3. The third kappa shape index (κ3) is 5.58. The van der Waals surface area contributed by atoms with Gasteiger partial charge in [0.15, 0.2) is 6.10 Å². The maximum atomic E-state index is 11.7. The zero-order valence-corrected chi connectivity index (χ0v) is 12.7. The molecule has 2 amide bonds. The monoisotopic (exact) mass is 350 g/mol. The Bertz CT molecular complexity index is 452. The van der Waals surface area contributed by atoms with Crippen molar-refractivity contribution in [3.63, 3.8) is 0 Å². The maximum absolute atomic E-state index is 11.7. The van der Waals surface area contributed by atoms with Crippen molar-refractivity contribution in [1.82, 2.24) is 10.2 Å². The highest BCUT2D eigenvalue weighted by atomic mass is 79.9. The summed E-state index contributed by atoms with van der Waals surface area (Å²) in [5.74, 6) is -1.29. The number of halogens is 1. The van der Waals surface area contributed by atoms with Crippen LogP contribution in [0.1, 0.15) is 11.3 Å². The molecule has 0 saturated heterocycles. The van der Waals surface area contributed by atoms with Gasteiger partial charge in [0.2, 0.25) is 0 Å². The number of aliphatic carboxylic acids is 1. The molecule has 8 heteroatoms. The van der Waals surface area contributed by atoms with Gasteiger partial charge in [0, 0.05) is 34.7 Å². The number of thiophene rings is 1. The number of urea groups is 1. The summed E-state index contributed by atoms with van der Waals surface area (Å²) in [6.45, 7) is 0.592. The van der Waals surface area contributed by atoms with Crippen LogP contribution in [0, 0.1) is 0 Å². The minimum atomic E-state index is -1.45. The molecule has 0 aliphatic carbocycles. The van der Waals surface area contributed by atoms with E-state index in [0.29, 0.717) is 6.54 Å². The first kappa shape index (κ1) is 15.9. The van der Waals surface area contributed by atoms with Crippen molar-refractivity contribution >= 4 is 39.3 Å². The summed E-state index contributed by atoms with van der Waals surface area (Å²) in [5.41, 5.74) is 0. The second-order valence-electron chi connectivity index (χ2n) is 3.96. The molecular weight excluding hydrogens is 336 g/mol. The van der Waals surface area contributed by atoms with Gasteiger partial charge in [-0.25, -0.2) is 9.59 Å². The van der Waals surface area contributed by atoms with Crippen LogP contribution in [-0.4, -0.2) is 46.8 Å². The summed E-state index contributed by atoms with van der Waals surface area (Å²) in [6, 6.07) is 1.63. The molecule has 106 valence electrons. The number of nitrogens with zero attached hydrogens (tertiary/aromatic N) is 1. The van der Waals surface area contributed by atoms with Gasteiger partial charge in [-0.2, -0.15) is 0 Å². The molecule has 0 aliphatic rings. The van der Waals surface area contributed by atoms with Crippen molar-refractivity contribution in [2.24, 2.45) is 0 Å². The van der Waals surface area contributed by atoms with Gasteiger partial charge < -0.3 is 20.4 Å². The second-order valence-corrected chi connectivity index (χ2v) is 5.87. The summed E-state index contributed by atoms with van der Waals surface area (Å²) in [5, 5.41) is 22.0. The van der Waals surface area contributed by atoms with Gasteiger partial charge in [0.05, 0.1) is 6.54 Å². The van der Waals surface area contributed by atoms with Gasteiger partial charge in [0.1, 0.15) is 0 Å². The number of aliphatic hydroxyl groups excluding tert-OH is 1. The number of carbonyl (C=O) groups excluding carboxylic acids is 1. The zero-order chi connectivity index (χ0) is 14.4. The van der Waals surface area contributed by atoms with Crippen LogP contribution in [0.3, 0.4) is 0 Å². The Morgan fingerprint density at radius 3 is 2.79 bits per heavy atom. The number of aliphatic hydroxyl groups is 1. The number of rotatable bonds is 6. The molecular formula is C11H15BrN2O4S. The van der Waals surface area contributed by atoms with E-state index >= 15 is 0 Å². The van der Waals surface area contributed by atoms with Crippen molar-refractivity contribution in [3.8, 4) is 0 Å². The number of hydrogen-bond donors (Lipinski definition) is 3. The molecule has 0 aliphatic heterocycles. The quantitative estimate of drug-likeness (QED) is 0.724. The molecule has 1 atom stereocenters. The first-order chi connectivity index (χ1) is 8.90. The van der Waals surface area contributed by atoms with Gasteiger partial charge in [-0.3, -0.25) is 0 Å². The molecule has 0 radical (unpaired) electrons. The van der Waals surface area contributed by atoms with Gasteiger partial charge >= 0.3 is 12.0 Å². The number of nitrogens with one attached hydrogen (secondary N) is 1. The van der Waals surface area contributed by atoms with E-state index in [9.17, 15) is 9.59 Å². The molecule has 0 spiro atoms. The number of amides is 2. The van der Waals surface area contributed by atoms with Crippen LogP contribution in [0.15, 0.2) is 15.9 Å². The van der Waals surface area contributed by atoms with Crippen molar-refractivity contribution < 1.29 is 19.8 Å². The second kappa shape index (κ2) is 7.46. The average molecular weight is 351 g/mol. The summed E-state index contributed by atoms with van der Waals surface area (Å²) >= 11 is 4.88. The topological polar surface area (TPSA) is 89.9 Å². The predicted octanol–water partition coefficient (Wildman–Crippen LogP) is 1.49. The van der Waals surface area contributed by atoms with E-state index in [1.54, 1.807) is 18.4 Å². The molecule has 19 heavy (non-hydrogen) atoms. The summed E-state index contributed by atoms with van der Waals surface area (Å²) in [6.07, 6.45) is -1.46. The minimum Gasteiger partial charge on any atom is -0.479 e. The van der Waals surface area contributed by atoms with E-state index in [0.717, 1.165) is 9.35 Å². The molecule has 0 bridgehead atoms. The predicted molar refractivity (Wildman–Crippen MR) is 75.1 cm³/mol. The Hall–Kier alpha value is -1.12. The number of carbonyl (C=O) groups is 2. The number of carboxylic acid groups (broad SMARTS) is 1. The minimum absolute atomic E-state index is 0.0144. The SMILES string of the molecule is CN(Cc1cc(Br)cs1)C(=O)NCCC(O)C(=O)O. The maximum Gasteiger partial charge on any atom is 0.332 e. The lowest BCUT2D eigenvalue weighted by Crippen LogP contribution is -2.38. The fourth-order valence-electron chi connectivity index (χ4n) is 1.32. The fraction of sp³-hybridized carbons (Fsp3) is 0.455. The van der Waals surface area contributed by atoms with Crippen LogP contribution < -0.4 is 5.32 Å². The Balaban J connectivity index is 2.31. The Morgan fingerprint density at radius 1 is 1.58 bits per heavy atom. The van der Waals surface area contributed by atoms with Crippen molar-refractivity contribution in [1.29, 1.82) is 0 Å². The standard InChI is InChI=1S/C11H15BrN2O4S/c1-14(5-8-4-7(12)6-19-8)11(18)13-3-2-9(15)10(16)17/h4,6,9,15H,2-3,5H2,1H3,(H,13,18)(H,16,17). The highest BCUT2D eigenvalue weighted by Gasteiger charge is 2.14. The van der Waals surface area contributed by atoms with E-state index in [2.05, 4.69) is 21.2 Å². The molecule has 1 heterocycles. The van der Waals surface area contributed by atoms with Gasteiger partial charge in [-0.05, 0) is 22.0 Å². The van der Waals surface area contributed by atoms with E-state index in [1.165, 1.54) is 4.90 Å². The summed E-state index contributed by atoms with van der Waals surface area (Å²) < 4.78 is 0.978. The van der Waals surface area contributed by atoms with Gasteiger partial charge in [-0.1, -0.05) is 0 Å². The van der Waals surface area contributed by atoms with Crippen molar-refractivity contribution in [3.05, 3.63) is 20.8 Å². The smallest absolute Gasteiger partial charge is 0.332 e. The van der Waals surface area contributed by atoms with Crippen LogP contribution in [0.2, 0.25) is 0 Å². The average Bonchev–Trinajstić information content (AvgIpc) is 2.74. The van der Waals surface area contributed by atoms with Crippen molar-refractivity contribution in [2.45, 2.75) is 19.1 Å². The molecule has 1 aromatic heterocycles. The molecule has 1 aromatic rings. The number of hydrogen-bond acceptors (Lipinski definition) is 4. The lowest BCUT2D eigenvalue weighted by Gasteiger charge is -2.17. The Kier molecular flexibility index (Phi) is 6.26. The van der Waals surface area contributed by atoms with E-state index < -0.39 is 12.1 Å². The van der Waals surface area contributed by atoms with Gasteiger partial charge in [-0.15, -0.1) is 11.3 Å². The Morgan fingerprint density at radius 2 is 2.26 bits per heavy atom. The molecule has 0 saturated carbocycles. The Labute approximate surface area is 123 Å². The van der Waals surface area contributed by atoms with Gasteiger partial charge in [0.25, 0.3) is 0 Å². The largest absolute Gasteiger partial charge is 0.479 e. The lowest BCUT2D eigenvalue weighted by atomic mass is 10.2. The summed E-state index contributed by atoms with van der Waals surface area (Å²) in [7, 11) is 1.65. The molecule has 6 nitrogen and oxygen atoms in total. The first-order valence-corrected chi connectivity index (χ1v) is 7.20. The van der Waals surface area contributed by atoms with Crippen LogP contribution in [-0.2, 0) is 11.3 Å². The van der Waals surface area contributed by atoms with E-state index in [-0.39, 0.29) is 19.0 Å². The summed E-state index contributed by atoms with van der Waals surface area (Å²) in [4.78, 5) is 24.6. The molecule has 1 rings (SSSR count). The normalized spacial score (nSPS) is 11.9. The van der Waals surface area contributed by atoms with Crippen LogP contribution in [0.25, 0.3) is 0 Å². The molecule has 1 unspecified atom stereocenters. The molecule has 3 N–H and O–H groups in total. The van der Waals surface area contributed by atoms with E-state index in [4.69, 9.17) is 10.2 Å². The van der Waals surface area contributed by atoms with E-state index in [1.807, 2.05) is 11.4 Å². The van der Waals surface area contributed by atoms with Crippen LogP contribution in [0.4, 0.5) is 4.79 Å².